The first-order valence-corrected chi connectivity index (χ1v) is 1.50. The minimum atomic E-state index is 0. The Hall–Kier alpha value is 2.04. The average Bonchev–Trinajstić information content (AvgIpc) is 1.00. The fourth-order valence-corrected chi connectivity index (χ4v) is 0. The third kappa shape index (κ3) is 23.7. The standard InChI is InChI=1S/2Mo.H3N.S2/c;;;1-2/h;;1H3;/q;;;-2. The fourth-order valence-electron chi connectivity index (χ4n) is 0. The molecule has 0 bridgehead atoms. The first kappa shape index (κ1) is 27.8. The largest absolute Gasteiger partial charge is 1.00 e. The summed E-state index contributed by atoms with van der Waals surface area (Å²) in [5.74, 6) is 0. The predicted octanol–water partition coefficient (Wildman–Crippen LogP) is 0.152. The SMILES string of the molecule is N.[Mo].[Mo].[S-][S-]. The molecule has 0 aromatic rings. The van der Waals surface area contributed by atoms with E-state index in [9.17, 15) is 0 Å². The van der Waals surface area contributed by atoms with Gasteiger partial charge in [0.25, 0.3) is 0 Å². The summed E-state index contributed by atoms with van der Waals surface area (Å²) in [7, 11) is 0. The van der Waals surface area contributed by atoms with Crippen molar-refractivity contribution in [2.75, 3.05) is 0 Å². The summed E-state index contributed by atoms with van der Waals surface area (Å²) in [6, 6.07) is 0. The van der Waals surface area contributed by atoms with Crippen molar-refractivity contribution in [2.45, 2.75) is 0 Å². The molecular weight excluding hydrogens is 270 g/mol. The van der Waals surface area contributed by atoms with Gasteiger partial charge < -0.3 is 29.5 Å². The molecule has 0 aliphatic carbocycles. The van der Waals surface area contributed by atoms with Crippen LogP contribution in [-0.2, 0) is 65.5 Å². The van der Waals surface area contributed by atoms with Gasteiger partial charge in [-0.15, -0.1) is 0 Å². The Bertz CT molecular complexity index is 7.61. The molecule has 5 heavy (non-hydrogen) atoms. The smallest absolute Gasteiger partial charge is 0 e. The van der Waals surface area contributed by atoms with Crippen molar-refractivity contribution in [3.8, 4) is 0 Å². The van der Waals surface area contributed by atoms with Crippen molar-refractivity contribution in [3.05, 3.63) is 0 Å². The zero-order valence-corrected chi connectivity index (χ0v) is 7.99. The van der Waals surface area contributed by atoms with Crippen LogP contribution < -0.4 is 6.15 Å². The molecule has 1 nitrogen and oxygen atoms in total. The van der Waals surface area contributed by atoms with E-state index < -0.39 is 0 Å². The first-order valence-electron chi connectivity index (χ1n) is 0.167. The van der Waals surface area contributed by atoms with Gasteiger partial charge in [0.05, 0.1) is 0 Å². The van der Waals surface area contributed by atoms with Crippen LogP contribution in [0.25, 0.3) is 0 Å². The topological polar surface area (TPSA) is 35.0 Å². The van der Waals surface area contributed by atoms with Crippen LogP contribution in [0.5, 0.6) is 0 Å². The predicted molar refractivity (Wildman–Crippen MR) is 19.8 cm³/mol. The summed E-state index contributed by atoms with van der Waals surface area (Å²) in [6.45, 7) is 0. The Morgan fingerprint density at radius 3 is 0.800 bits per heavy atom. The van der Waals surface area contributed by atoms with Gasteiger partial charge in [0.2, 0.25) is 0 Å². The van der Waals surface area contributed by atoms with Crippen molar-refractivity contribution in [1.29, 1.82) is 0 Å². The summed E-state index contributed by atoms with van der Waals surface area (Å²) in [5.41, 5.74) is 0. The molecule has 0 amide bonds. The van der Waals surface area contributed by atoms with Gasteiger partial charge in [0.15, 0.2) is 0 Å². The normalized spacial score (nSPS) is 1.20. The molecule has 0 aromatic heterocycles. The summed E-state index contributed by atoms with van der Waals surface area (Å²) in [5, 5.41) is 0. The van der Waals surface area contributed by atoms with Gasteiger partial charge in [-0.1, -0.05) is 0 Å². The van der Waals surface area contributed by atoms with Crippen LogP contribution in [0.1, 0.15) is 0 Å². The van der Waals surface area contributed by atoms with Crippen molar-refractivity contribution in [2.24, 2.45) is 0 Å². The molecule has 0 atom stereocenters. The van der Waals surface area contributed by atoms with Crippen LogP contribution in [-0.4, -0.2) is 0 Å². The molecule has 0 fully saturated rings. The number of rotatable bonds is 0. The maximum atomic E-state index is 3.67. The monoisotopic (exact) mass is 277 g/mol. The molecule has 0 rings (SSSR count). The molecule has 0 spiro atoms. The summed E-state index contributed by atoms with van der Waals surface area (Å²) in [4.78, 5) is 0. The van der Waals surface area contributed by atoms with E-state index >= 15 is 0 Å². The van der Waals surface area contributed by atoms with E-state index in [-0.39, 0.29) is 48.3 Å². The minimum Gasteiger partial charge on any atom is -1.00 e. The molecular formula is H3Mo2NS2-2. The third-order valence-corrected chi connectivity index (χ3v) is 0. The molecule has 0 aromatic carbocycles. The summed E-state index contributed by atoms with van der Waals surface area (Å²) in [6.07, 6.45) is 0. The Morgan fingerprint density at radius 1 is 0.800 bits per heavy atom. The van der Waals surface area contributed by atoms with Gasteiger partial charge in [-0.3, -0.25) is 0 Å². The van der Waals surface area contributed by atoms with Gasteiger partial charge in [-0.25, -0.2) is 0 Å². The molecule has 34 valence electrons. The van der Waals surface area contributed by atoms with Crippen LogP contribution in [0, 0.1) is 0 Å². The second-order valence-electron chi connectivity index (χ2n) is 0. The van der Waals surface area contributed by atoms with E-state index in [2.05, 4.69) is 23.3 Å². The average molecular weight is 273 g/mol. The Balaban J connectivity index is -0.00000000167. The molecule has 0 unspecified atom stereocenters. The Labute approximate surface area is 71.0 Å². The maximum absolute atomic E-state index is 3.67. The van der Waals surface area contributed by atoms with Gasteiger partial charge >= 0.3 is 0 Å². The molecule has 0 aliphatic rings. The van der Waals surface area contributed by atoms with Crippen molar-refractivity contribution in [3.63, 3.8) is 0 Å². The molecule has 0 aliphatic heterocycles. The molecule has 0 radical (unpaired) electrons. The number of hydrogen-bond acceptors (Lipinski definition) is 3. The van der Waals surface area contributed by atoms with Crippen LogP contribution in [0.4, 0.5) is 0 Å². The van der Waals surface area contributed by atoms with E-state index in [1.807, 2.05) is 0 Å². The molecule has 0 saturated carbocycles. The van der Waals surface area contributed by atoms with E-state index in [0.717, 1.165) is 0 Å². The molecule has 5 heteroatoms. The van der Waals surface area contributed by atoms with E-state index in [4.69, 9.17) is 0 Å². The molecule has 0 saturated heterocycles. The first-order chi connectivity index (χ1) is 1.00. The van der Waals surface area contributed by atoms with Crippen LogP contribution in [0.3, 0.4) is 0 Å². The molecule has 3 N–H and O–H groups in total. The Morgan fingerprint density at radius 2 is 0.800 bits per heavy atom. The van der Waals surface area contributed by atoms with Gasteiger partial charge in [0, 0.05) is 42.1 Å². The summed E-state index contributed by atoms with van der Waals surface area (Å²) < 4.78 is 0. The van der Waals surface area contributed by atoms with E-state index in [0.29, 0.717) is 0 Å². The minimum absolute atomic E-state index is 0. The van der Waals surface area contributed by atoms with Crippen molar-refractivity contribution >= 4 is 23.3 Å². The Kier molecular flexibility index (Phi) is 205. The van der Waals surface area contributed by atoms with Crippen LogP contribution in [0.2, 0.25) is 0 Å². The third-order valence-electron chi connectivity index (χ3n) is 0. The van der Waals surface area contributed by atoms with Gasteiger partial charge in [-0.05, 0) is 0 Å². The second kappa shape index (κ2) is 36.9. The van der Waals surface area contributed by atoms with Gasteiger partial charge in [0.1, 0.15) is 0 Å². The fraction of sp³-hybridized carbons (Fsp3) is 0. The van der Waals surface area contributed by atoms with E-state index in [1.54, 1.807) is 0 Å². The number of hydrogen-bond donors (Lipinski definition) is 1. The van der Waals surface area contributed by atoms with E-state index in [1.165, 1.54) is 0 Å². The van der Waals surface area contributed by atoms with Gasteiger partial charge in [-0.2, -0.15) is 0 Å². The quantitative estimate of drug-likeness (QED) is 0.388. The zero-order chi connectivity index (χ0) is 2.00. The second-order valence-corrected chi connectivity index (χ2v) is 0. The van der Waals surface area contributed by atoms with Crippen LogP contribution >= 0.6 is 0 Å². The maximum Gasteiger partial charge on any atom is 0 e. The summed E-state index contributed by atoms with van der Waals surface area (Å²) >= 11 is 7.33. The van der Waals surface area contributed by atoms with Crippen LogP contribution in [0.15, 0.2) is 0 Å². The molecule has 0 heterocycles. The van der Waals surface area contributed by atoms with Crippen molar-refractivity contribution < 1.29 is 42.1 Å². The zero-order valence-electron chi connectivity index (χ0n) is 2.34. The van der Waals surface area contributed by atoms with Crippen molar-refractivity contribution in [1.82, 2.24) is 6.15 Å².